The van der Waals surface area contributed by atoms with Crippen molar-refractivity contribution >= 4 is 34.3 Å². The first-order chi connectivity index (χ1) is 13.2. The molecular weight excluding hydrogens is 395 g/mol. The molecule has 0 amide bonds. The number of allylic oxidation sites excluding steroid dienone is 1. The zero-order valence-electron chi connectivity index (χ0n) is 15.5. The Labute approximate surface area is 172 Å². The predicted octanol–water partition coefficient (Wildman–Crippen LogP) is 5.94. The quantitative estimate of drug-likeness (QED) is 0.507. The van der Waals surface area contributed by atoms with Gasteiger partial charge in [0, 0.05) is 10.6 Å². The van der Waals surface area contributed by atoms with E-state index in [0.29, 0.717) is 16.4 Å². The van der Waals surface area contributed by atoms with Crippen LogP contribution in [0, 0.1) is 5.82 Å². The van der Waals surface area contributed by atoms with Crippen LogP contribution in [-0.2, 0) is 0 Å². The Morgan fingerprint density at radius 3 is 2.57 bits per heavy atom. The van der Waals surface area contributed by atoms with E-state index in [9.17, 15) is 9.50 Å². The van der Waals surface area contributed by atoms with Crippen molar-refractivity contribution in [2.75, 3.05) is 0 Å². The summed E-state index contributed by atoms with van der Waals surface area (Å²) in [4.78, 5) is 6.38. The second-order valence-corrected chi connectivity index (χ2v) is 8.27. The number of hydrogen-bond acceptors (Lipinski definition) is 4. The maximum atomic E-state index is 13.6. The van der Waals surface area contributed by atoms with E-state index in [2.05, 4.69) is 4.99 Å². The lowest BCUT2D eigenvalue weighted by Crippen LogP contribution is -2.28. The highest BCUT2D eigenvalue weighted by atomic mass is 35.5. The molecule has 1 heterocycles. The maximum absolute atomic E-state index is 13.6. The van der Waals surface area contributed by atoms with E-state index >= 15 is 0 Å². The second-order valence-electron chi connectivity index (χ2n) is 6.78. The highest BCUT2D eigenvalue weighted by molar-refractivity contribution is 7.17. The molecule has 2 aromatic carbocycles. The van der Waals surface area contributed by atoms with Crippen LogP contribution in [0.25, 0.3) is 10.4 Å². The van der Waals surface area contributed by atoms with E-state index in [-0.39, 0.29) is 11.5 Å². The summed E-state index contributed by atoms with van der Waals surface area (Å²) in [7, 11) is 0. The van der Waals surface area contributed by atoms with E-state index in [1.807, 2.05) is 30.3 Å². The van der Waals surface area contributed by atoms with Gasteiger partial charge in [-0.25, -0.2) is 9.38 Å². The standard InChI is InChI=1S/C22H20ClFN2OS/c1-22(2,27)21(25)13-18(26-17-9-4-3-8-16(17)23)20-11-10-19(28-20)14-6-5-7-15(24)12-14/h3-13,27H,25H2,1-2H3. The van der Waals surface area contributed by atoms with Gasteiger partial charge in [-0.1, -0.05) is 35.9 Å². The van der Waals surface area contributed by atoms with E-state index in [1.54, 1.807) is 38.1 Å². The van der Waals surface area contributed by atoms with E-state index in [4.69, 9.17) is 17.3 Å². The summed E-state index contributed by atoms with van der Waals surface area (Å²) in [6, 6.07) is 17.5. The molecule has 0 bridgehead atoms. The smallest absolute Gasteiger partial charge is 0.123 e. The van der Waals surface area contributed by atoms with Gasteiger partial charge in [-0.3, -0.25) is 0 Å². The highest BCUT2D eigenvalue weighted by Gasteiger charge is 2.18. The number of hydrogen-bond donors (Lipinski definition) is 2. The summed E-state index contributed by atoms with van der Waals surface area (Å²) < 4.78 is 13.6. The Hall–Kier alpha value is -2.47. The predicted molar refractivity (Wildman–Crippen MR) is 116 cm³/mol. The fourth-order valence-electron chi connectivity index (χ4n) is 2.43. The lowest BCUT2D eigenvalue weighted by molar-refractivity contribution is 0.118. The van der Waals surface area contributed by atoms with Crippen LogP contribution >= 0.6 is 22.9 Å². The van der Waals surface area contributed by atoms with E-state index < -0.39 is 5.60 Å². The van der Waals surface area contributed by atoms with Gasteiger partial charge in [0.1, 0.15) is 5.82 Å². The van der Waals surface area contributed by atoms with Crippen LogP contribution in [0.3, 0.4) is 0 Å². The number of rotatable bonds is 5. The summed E-state index contributed by atoms with van der Waals surface area (Å²) in [5, 5.41) is 10.7. The molecule has 0 spiro atoms. The van der Waals surface area contributed by atoms with Gasteiger partial charge >= 0.3 is 0 Å². The molecule has 1 aromatic heterocycles. The number of thiophene rings is 1. The minimum Gasteiger partial charge on any atom is -0.400 e. The Balaban J connectivity index is 2.09. The van der Waals surface area contributed by atoms with E-state index in [1.165, 1.54) is 23.5 Å². The van der Waals surface area contributed by atoms with Crippen molar-refractivity contribution in [1.29, 1.82) is 0 Å². The third-order valence-electron chi connectivity index (χ3n) is 4.06. The van der Waals surface area contributed by atoms with E-state index in [0.717, 1.165) is 15.3 Å². The molecule has 0 fully saturated rings. The average Bonchev–Trinajstić information content (AvgIpc) is 3.12. The number of aliphatic hydroxyl groups is 1. The minimum atomic E-state index is -1.19. The van der Waals surface area contributed by atoms with Crippen molar-refractivity contribution in [3.63, 3.8) is 0 Å². The molecule has 144 valence electrons. The molecule has 28 heavy (non-hydrogen) atoms. The van der Waals surface area contributed by atoms with Crippen LogP contribution in [0.1, 0.15) is 18.7 Å². The molecule has 0 saturated heterocycles. The lowest BCUT2D eigenvalue weighted by Gasteiger charge is -2.18. The average molecular weight is 415 g/mol. The maximum Gasteiger partial charge on any atom is 0.123 e. The monoisotopic (exact) mass is 414 g/mol. The third-order valence-corrected chi connectivity index (χ3v) is 5.54. The molecule has 0 aliphatic rings. The van der Waals surface area contributed by atoms with Crippen LogP contribution in [0.4, 0.5) is 10.1 Å². The zero-order valence-corrected chi connectivity index (χ0v) is 17.1. The molecule has 3 N–H and O–H groups in total. The normalized spacial score (nSPS) is 13.0. The molecule has 0 atom stereocenters. The largest absolute Gasteiger partial charge is 0.400 e. The molecule has 6 heteroatoms. The molecule has 0 unspecified atom stereocenters. The molecule has 3 rings (SSSR count). The molecule has 0 aliphatic carbocycles. The fraction of sp³-hybridized carbons (Fsp3) is 0.136. The molecule has 3 aromatic rings. The SMILES string of the molecule is CC(C)(O)C(N)=CC(=Nc1ccccc1Cl)c1ccc(-c2cccc(F)c2)s1. The third kappa shape index (κ3) is 4.87. The van der Waals surface area contributed by atoms with Crippen LogP contribution in [0.2, 0.25) is 5.02 Å². The topological polar surface area (TPSA) is 58.6 Å². The molecule has 3 nitrogen and oxygen atoms in total. The van der Waals surface area contributed by atoms with Gasteiger partial charge in [0.05, 0.1) is 26.9 Å². The number of halogens is 2. The van der Waals surface area contributed by atoms with Gasteiger partial charge in [-0.15, -0.1) is 11.3 Å². The Morgan fingerprint density at radius 1 is 1.14 bits per heavy atom. The van der Waals surface area contributed by atoms with Gasteiger partial charge in [0.15, 0.2) is 0 Å². The van der Waals surface area contributed by atoms with Crippen molar-refractivity contribution in [3.05, 3.63) is 88.2 Å². The van der Waals surface area contributed by atoms with Crippen LogP contribution in [0.5, 0.6) is 0 Å². The lowest BCUT2D eigenvalue weighted by atomic mass is 10.0. The number of benzene rings is 2. The van der Waals surface area contributed by atoms with Crippen molar-refractivity contribution in [3.8, 4) is 10.4 Å². The van der Waals surface area contributed by atoms with Crippen LogP contribution < -0.4 is 5.73 Å². The van der Waals surface area contributed by atoms with Gasteiger partial charge in [-0.05, 0) is 61.9 Å². The zero-order chi connectivity index (χ0) is 20.3. The van der Waals surface area contributed by atoms with Crippen molar-refractivity contribution in [2.45, 2.75) is 19.4 Å². The minimum absolute atomic E-state index is 0.277. The van der Waals surface area contributed by atoms with Gasteiger partial charge in [0.25, 0.3) is 0 Å². The summed E-state index contributed by atoms with van der Waals surface area (Å²) in [5.41, 5.74) is 7.11. The first kappa shape index (κ1) is 20.3. The highest BCUT2D eigenvalue weighted by Crippen LogP contribution is 2.31. The second kappa shape index (κ2) is 8.27. The van der Waals surface area contributed by atoms with Crippen LogP contribution in [0.15, 0.2) is 77.4 Å². The van der Waals surface area contributed by atoms with Crippen molar-refractivity contribution in [2.24, 2.45) is 10.7 Å². The first-order valence-electron chi connectivity index (χ1n) is 8.63. The number of nitrogens with two attached hydrogens (primary N) is 1. The number of para-hydroxylation sites is 1. The Bertz CT molecular complexity index is 1050. The molecule has 0 radical (unpaired) electrons. The fourth-order valence-corrected chi connectivity index (χ4v) is 3.57. The Morgan fingerprint density at radius 2 is 1.89 bits per heavy atom. The number of nitrogens with zero attached hydrogens (tertiary/aromatic N) is 1. The number of aliphatic imine (C=N–C) groups is 1. The van der Waals surface area contributed by atoms with Gasteiger partial charge in [-0.2, -0.15) is 0 Å². The Kier molecular flexibility index (Phi) is 5.98. The molecule has 0 aliphatic heterocycles. The first-order valence-corrected chi connectivity index (χ1v) is 9.83. The van der Waals surface area contributed by atoms with Gasteiger partial charge < -0.3 is 10.8 Å². The summed E-state index contributed by atoms with van der Waals surface area (Å²) in [6.07, 6.45) is 1.64. The summed E-state index contributed by atoms with van der Waals surface area (Å²) in [6.45, 7) is 3.22. The summed E-state index contributed by atoms with van der Waals surface area (Å²) >= 11 is 7.71. The van der Waals surface area contributed by atoms with Crippen molar-refractivity contribution < 1.29 is 9.50 Å². The summed E-state index contributed by atoms with van der Waals surface area (Å²) in [5.74, 6) is -0.288. The van der Waals surface area contributed by atoms with Crippen LogP contribution in [-0.4, -0.2) is 16.4 Å². The molecular formula is C22H20ClFN2OS. The molecule has 0 saturated carbocycles. The van der Waals surface area contributed by atoms with Gasteiger partial charge in [0.2, 0.25) is 0 Å². The van der Waals surface area contributed by atoms with Crippen molar-refractivity contribution in [1.82, 2.24) is 0 Å².